The molecule has 0 radical (unpaired) electrons. The molecule has 2 fully saturated rings. The van der Waals surface area contributed by atoms with E-state index in [1.807, 2.05) is 0 Å². The predicted octanol–water partition coefficient (Wildman–Crippen LogP) is 0.661. The van der Waals surface area contributed by atoms with Crippen molar-refractivity contribution >= 4 is 21.9 Å². The maximum atomic E-state index is 12.6. The van der Waals surface area contributed by atoms with Crippen LogP contribution in [0, 0.1) is 11.3 Å². The molecule has 1 aliphatic heterocycles. The number of carboxylic acid groups (broad SMARTS) is 1. The van der Waals surface area contributed by atoms with Gasteiger partial charge in [0.25, 0.3) is 5.91 Å². The second-order valence-corrected chi connectivity index (χ2v) is 7.87. The summed E-state index contributed by atoms with van der Waals surface area (Å²) in [5.41, 5.74) is -0.492. The number of hydrogen-bond acceptors (Lipinski definition) is 4. The van der Waals surface area contributed by atoms with Gasteiger partial charge >= 0.3 is 5.97 Å². The average molecular weight is 338 g/mol. The number of fused-ring (bicyclic) bond motifs is 1. The van der Waals surface area contributed by atoms with Gasteiger partial charge in [-0.25, -0.2) is 13.6 Å². The van der Waals surface area contributed by atoms with Crippen molar-refractivity contribution in [2.75, 3.05) is 13.1 Å². The number of carboxylic acids is 1. The minimum atomic E-state index is -3.80. The van der Waals surface area contributed by atoms with Crippen LogP contribution in [0.15, 0.2) is 29.2 Å². The number of nitrogens with two attached hydrogens (primary N) is 1. The number of sulfonamides is 1. The zero-order valence-electron chi connectivity index (χ0n) is 12.4. The van der Waals surface area contributed by atoms with Crippen molar-refractivity contribution in [2.45, 2.75) is 24.2 Å². The van der Waals surface area contributed by atoms with Crippen LogP contribution in [0.5, 0.6) is 0 Å². The summed E-state index contributed by atoms with van der Waals surface area (Å²) < 4.78 is 22.5. The molecule has 1 saturated heterocycles. The quantitative estimate of drug-likeness (QED) is 0.839. The zero-order valence-corrected chi connectivity index (χ0v) is 13.3. The molecule has 1 heterocycles. The van der Waals surface area contributed by atoms with Crippen molar-refractivity contribution in [1.82, 2.24) is 4.90 Å². The van der Waals surface area contributed by atoms with Gasteiger partial charge in [-0.3, -0.25) is 9.59 Å². The van der Waals surface area contributed by atoms with Gasteiger partial charge in [-0.1, -0.05) is 6.42 Å². The minimum absolute atomic E-state index is 0.00681. The molecule has 1 aromatic carbocycles. The summed E-state index contributed by atoms with van der Waals surface area (Å²) in [6.07, 6.45) is 2.30. The molecule has 124 valence electrons. The van der Waals surface area contributed by atoms with Gasteiger partial charge in [0.05, 0.1) is 10.3 Å². The number of nitrogens with zero attached hydrogens (tertiary/aromatic N) is 1. The lowest BCUT2D eigenvalue weighted by molar-refractivity contribution is -0.149. The van der Waals surface area contributed by atoms with E-state index in [-0.39, 0.29) is 23.3 Å². The summed E-state index contributed by atoms with van der Waals surface area (Å²) in [5.74, 6) is -1.12. The van der Waals surface area contributed by atoms with Gasteiger partial charge in [-0.05, 0) is 43.0 Å². The van der Waals surface area contributed by atoms with Crippen molar-refractivity contribution in [2.24, 2.45) is 16.5 Å². The summed E-state index contributed by atoms with van der Waals surface area (Å²) in [6.45, 7) is 0.644. The number of amides is 1. The summed E-state index contributed by atoms with van der Waals surface area (Å²) >= 11 is 0. The smallest absolute Gasteiger partial charge is 0.311 e. The molecule has 0 bridgehead atoms. The zero-order chi connectivity index (χ0) is 16.8. The topological polar surface area (TPSA) is 118 Å². The fourth-order valence-corrected chi connectivity index (χ4v) is 4.28. The maximum absolute atomic E-state index is 12.6. The van der Waals surface area contributed by atoms with Crippen molar-refractivity contribution in [3.63, 3.8) is 0 Å². The molecule has 23 heavy (non-hydrogen) atoms. The molecule has 0 aromatic heterocycles. The molecule has 3 rings (SSSR count). The van der Waals surface area contributed by atoms with Crippen molar-refractivity contribution in [3.8, 4) is 0 Å². The van der Waals surface area contributed by atoms with Gasteiger partial charge < -0.3 is 10.0 Å². The monoisotopic (exact) mass is 338 g/mol. The SMILES string of the molecule is NS(=O)(=O)c1ccc(C(=O)N2C[C@@H]3CCC[C@@]3(C(=O)O)C2)cc1. The number of rotatable bonds is 3. The van der Waals surface area contributed by atoms with E-state index in [2.05, 4.69) is 0 Å². The molecule has 1 aromatic rings. The normalized spacial score (nSPS) is 27.0. The van der Waals surface area contributed by atoms with Gasteiger partial charge in [0, 0.05) is 18.7 Å². The van der Waals surface area contributed by atoms with E-state index in [0.29, 0.717) is 18.5 Å². The van der Waals surface area contributed by atoms with Gasteiger partial charge in [0.2, 0.25) is 10.0 Å². The first kappa shape index (κ1) is 15.9. The Balaban J connectivity index is 1.81. The predicted molar refractivity (Wildman–Crippen MR) is 81.1 cm³/mol. The number of likely N-dealkylation sites (tertiary alicyclic amines) is 1. The molecule has 3 N–H and O–H groups in total. The number of aliphatic carboxylic acids is 1. The first-order valence-electron chi connectivity index (χ1n) is 7.39. The van der Waals surface area contributed by atoms with E-state index in [1.165, 1.54) is 24.3 Å². The van der Waals surface area contributed by atoms with Crippen LogP contribution in [0.25, 0.3) is 0 Å². The highest BCUT2D eigenvalue weighted by atomic mass is 32.2. The van der Waals surface area contributed by atoms with Crippen LogP contribution in [0.4, 0.5) is 0 Å². The molecule has 1 saturated carbocycles. The Kier molecular flexibility index (Phi) is 3.68. The third kappa shape index (κ3) is 2.61. The summed E-state index contributed by atoms with van der Waals surface area (Å²) in [6, 6.07) is 5.38. The van der Waals surface area contributed by atoms with Gasteiger partial charge in [-0.15, -0.1) is 0 Å². The van der Waals surface area contributed by atoms with E-state index >= 15 is 0 Å². The average Bonchev–Trinajstić information content (AvgIpc) is 3.03. The highest BCUT2D eigenvalue weighted by Crippen LogP contribution is 2.49. The molecule has 2 atom stereocenters. The lowest BCUT2D eigenvalue weighted by Crippen LogP contribution is -2.37. The first-order valence-corrected chi connectivity index (χ1v) is 8.94. The molecular weight excluding hydrogens is 320 g/mol. The fraction of sp³-hybridized carbons (Fsp3) is 0.467. The Labute approximate surface area is 134 Å². The van der Waals surface area contributed by atoms with E-state index in [4.69, 9.17) is 5.14 Å². The Bertz CT molecular complexity index is 759. The van der Waals surface area contributed by atoms with Crippen LogP contribution in [0.3, 0.4) is 0 Å². The molecule has 0 unspecified atom stereocenters. The highest BCUT2D eigenvalue weighted by molar-refractivity contribution is 7.89. The number of carbonyl (C=O) groups is 2. The minimum Gasteiger partial charge on any atom is -0.481 e. The molecule has 8 heteroatoms. The maximum Gasteiger partial charge on any atom is 0.311 e. The molecule has 7 nitrogen and oxygen atoms in total. The van der Waals surface area contributed by atoms with Crippen LogP contribution in [0.2, 0.25) is 0 Å². The molecular formula is C15H18N2O5S. The lowest BCUT2D eigenvalue weighted by Gasteiger charge is -2.23. The van der Waals surface area contributed by atoms with Crippen molar-refractivity contribution < 1.29 is 23.1 Å². The van der Waals surface area contributed by atoms with Crippen LogP contribution in [-0.2, 0) is 14.8 Å². The Hall–Kier alpha value is -1.93. The van der Waals surface area contributed by atoms with Crippen LogP contribution in [0.1, 0.15) is 29.6 Å². The van der Waals surface area contributed by atoms with Crippen LogP contribution in [-0.4, -0.2) is 43.4 Å². The third-order valence-electron chi connectivity index (χ3n) is 5.01. The standard InChI is InChI=1S/C15H18N2O5S/c16-23(21,22)12-5-3-10(4-6-12)13(18)17-8-11-2-1-7-15(11,9-17)14(19)20/h3-6,11H,1-2,7-9H2,(H,19,20)(H2,16,21,22)/t11-,15+/m0/s1. The van der Waals surface area contributed by atoms with Gasteiger partial charge in [0.1, 0.15) is 0 Å². The Morgan fingerprint density at radius 1 is 1.26 bits per heavy atom. The summed E-state index contributed by atoms with van der Waals surface area (Å²) in [5, 5.41) is 14.6. The van der Waals surface area contributed by atoms with Crippen LogP contribution < -0.4 is 5.14 Å². The molecule has 0 spiro atoms. The van der Waals surface area contributed by atoms with E-state index in [0.717, 1.165) is 12.8 Å². The van der Waals surface area contributed by atoms with Gasteiger partial charge in [-0.2, -0.15) is 0 Å². The number of benzene rings is 1. The van der Waals surface area contributed by atoms with Crippen molar-refractivity contribution in [3.05, 3.63) is 29.8 Å². The Morgan fingerprint density at radius 3 is 2.43 bits per heavy atom. The highest BCUT2D eigenvalue weighted by Gasteiger charge is 2.55. The first-order chi connectivity index (χ1) is 10.7. The number of carbonyl (C=O) groups excluding carboxylic acids is 1. The van der Waals surface area contributed by atoms with Gasteiger partial charge in [0.15, 0.2) is 0 Å². The van der Waals surface area contributed by atoms with Crippen molar-refractivity contribution in [1.29, 1.82) is 0 Å². The number of hydrogen-bond donors (Lipinski definition) is 2. The summed E-state index contributed by atoms with van der Waals surface area (Å²) in [4.78, 5) is 25.7. The largest absolute Gasteiger partial charge is 0.481 e. The Morgan fingerprint density at radius 2 is 1.91 bits per heavy atom. The van der Waals surface area contributed by atoms with E-state index in [9.17, 15) is 23.1 Å². The lowest BCUT2D eigenvalue weighted by atomic mass is 9.81. The second kappa shape index (κ2) is 5.31. The van der Waals surface area contributed by atoms with E-state index in [1.54, 1.807) is 4.90 Å². The molecule has 1 amide bonds. The number of primary sulfonamides is 1. The molecule has 1 aliphatic carbocycles. The molecule has 2 aliphatic rings. The summed E-state index contributed by atoms with van der Waals surface area (Å²) in [7, 11) is -3.80. The third-order valence-corrected chi connectivity index (χ3v) is 5.94. The fourth-order valence-electron chi connectivity index (χ4n) is 3.76. The van der Waals surface area contributed by atoms with Crippen LogP contribution >= 0.6 is 0 Å². The second-order valence-electron chi connectivity index (χ2n) is 6.31. The van der Waals surface area contributed by atoms with E-state index < -0.39 is 21.4 Å².